The van der Waals surface area contributed by atoms with E-state index in [1.807, 2.05) is 19.1 Å². The van der Waals surface area contributed by atoms with Crippen LogP contribution in [0, 0.1) is 0 Å². The predicted molar refractivity (Wildman–Crippen MR) is 60.3 cm³/mol. The van der Waals surface area contributed by atoms with Gasteiger partial charge in [-0.25, -0.2) is 4.79 Å². The average molecular weight is 228 g/mol. The summed E-state index contributed by atoms with van der Waals surface area (Å²) in [6.45, 7) is 1.96. The lowest BCUT2D eigenvalue weighted by Crippen LogP contribution is -1.93. The summed E-state index contributed by atoms with van der Waals surface area (Å²) >= 11 is 7.50. The van der Waals surface area contributed by atoms with Crippen molar-refractivity contribution in [1.29, 1.82) is 0 Å². The van der Waals surface area contributed by atoms with Crippen molar-refractivity contribution in [1.82, 2.24) is 0 Å². The Labute approximate surface area is 92.4 Å². The second-order valence-corrected chi connectivity index (χ2v) is 4.63. The number of hydrogen-bond donors (Lipinski definition) is 0. The van der Waals surface area contributed by atoms with Crippen molar-refractivity contribution in [3.05, 3.63) is 24.3 Å². The number of isocyanates is 1. The minimum Gasteiger partial charge on any atom is -0.211 e. The van der Waals surface area contributed by atoms with Gasteiger partial charge < -0.3 is 0 Å². The van der Waals surface area contributed by atoms with Crippen LogP contribution in [0.25, 0.3) is 0 Å². The monoisotopic (exact) mass is 227 g/mol. The van der Waals surface area contributed by atoms with Gasteiger partial charge in [0.25, 0.3) is 0 Å². The molecular formula is C10H10ClNOS. The third kappa shape index (κ3) is 3.97. The molecule has 0 aliphatic rings. The van der Waals surface area contributed by atoms with E-state index >= 15 is 0 Å². The number of alkyl halides is 1. The normalized spacial score (nSPS) is 11.9. The first kappa shape index (κ1) is 11.3. The van der Waals surface area contributed by atoms with Crippen LogP contribution in [-0.2, 0) is 4.79 Å². The summed E-state index contributed by atoms with van der Waals surface area (Å²) in [6, 6.07) is 7.40. The third-order valence-electron chi connectivity index (χ3n) is 1.49. The minimum absolute atomic E-state index is 0.160. The SMILES string of the molecule is CC(Cl)CSc1ccc(N=C=O)cc1. The molecule has 1 aromatic rings. The van der Waals surface area contributed by atoms with Crippen molar-refractivity contribution in [3.8, 4) is 0 Å². The molecule has 0 N–H and O–H groups in total. The van der Waals surface area contributed by atoms with Crippen molar-refractivity contribution in [2.75, 3.05) is 5.75 Å². The molecule has 14 heavy (non-hydrogen) atoms. The fourth-order valence-corrected chi connectivity index (χ4v) is 1.82. The number of halogens is 1. The quantitative estimate of drug-likeness (QED) is 0.342. The van der Waals surface area contributed by atoms with Crippen LogP contribution in [0.15, 0.2) is 34.2 Å². The van der Waals surface area contributed by atoms with E-state index in [0.29, 0.717) is 5.69 Å². The highest BCUT2D eigenvalue weighted by atomic mass is 35.5. The van der Waals surface area contributed by atoms with Crippen LogP contribution in [0.2, 0.25) is 0 Å². The van der Waals surface area contributed by atoms with Crippen molar-refractivity contribution in [3.63, 3.8) is 0 Å². The van der Waals surface area contributed by atoms with E-state index in [2.05, 4.69) is 4.99 Å². The van der Waals surface area contributed by atoms with Crippen LogP contribution in [0.5, 0.6) is 0 Å². The zero-order chi connectivity index (χ0) is 10.4. The molecule has 0 bridgehead atoms. The van der Waals surface area contributed by atoms with Gasteiger partial charge in [-0.15, -0.1) is 23.4 Å². The number of hydrogen-bond acceptors (Lipinski definition) is 3. The molecule has 0 aromatic heterocycles. The molecule has 2 nitrogen and oxygen atoms in total. The molecule has 1 atom stereocenters. The van der Waals surface area contributed by atoms with Gasteiger partial charge in [-0.3, -0.25) is 0 Å². The van der Waals surface area contributed by atoms with Crippen LogP contribution in [0.4, 0.5) is 5.69 Å². The Kier molecular flexibility index (Phi) is 4.74. The topological polar surface area (TPSA) is 29.4 Å². The third-order valence-corrected chi connectivity index (χ3v) is 3.10. The summed E-state index contributed by atoms with van der Waals surface area (Å²) in [5.74, 6) is 0.873. The van der Waals surface area contributed by atoms with Gasteiger partial charge in [0.15, 0.2) is 0 Å². The first-order valence-corrected chi connectivity index (χ1v) is 5.59. The largest absolute Gasteiger partial charge is 0.240 e. The molecule has 0 spiro atoms. The number of nitrogens with zero attached hydrogens (tertiary/aromatic N) is 1. The molecule has 74 valence electrons. The molecule has 0 saturated heterocycles. The molecule has 1 rings (SSSR count). The molecule has 0 aliphatic heterocycles. The van der Waals surface area contributed by atoms with Crippen LogP contribution in [-0.4, -0.2) is 17.2 Å². The molecule has 0 fully saturated rings. The van der Waals surface area contributed by atoms with Gasteiger partial charge >= 0.3 is 0 Å². The average Bonchev–Trinajstić information content (AvgIpc) is 2.17. The highest BCUT2D eigenvalue weighted by Crippen LogP contribution is 2.22. The van der Waals surface area contributed by atoms with E-state index in [0.717, 1.165) is 10.6 Å². The lowest BCUT2D eigenvalue weighted by molar-refractivity contribution is 0.565. The van der Waals surface area contributed by atoms with Gasteiger partial charge in [-0.1, -0.05) is 0 Å². The lowest BCUT2D eigenvalue weighted by Gasteiger charge is -2.02. The zero-order valence-corrected chi connectivity index (χ0v) is 9.31. The van der Waals surface area contributed by atoms with E-state index in [-0.39, 0.29) is 5.38 Å². The standard InChI is InChI=1S/C10H10ClNOS/c1-8(11)6-14-10-4-2-9(3-5-10)12-7-13/h2-5,8H,6H2,1H3. The van der Waals surface area contributed by atoms with Gasteiger partial charge in [0, 0.05) is 16.0 Å². The van der Waals surface area contributed by atoms with Gasteiger partial charge in [0.2, 0.25) is 6.08 Å². The van der Waals surface area contributed by atoms with Gasteiger partial charge in [-0.2, -0.15) is 4.99 Å². The lowest BCUT2D eigenvalue weighted by atomic mass is 10.3. The summed E-state index contributed by atoms with van der Waals surface area (Å²) in [7, 11) is 0. The molecule has 0 amide bonds. The van der Waals surface area contributed by atoms with E-state index in [1.165, 1.54) is 6.08 Å². The van der Waals surface area contributed by atoms with Crippen molar-refractivity contribution in [2.45, 2.75) is 17.2 Å². The maximum Gasteiger partial charge on any atom is 0.240 e. The Morgan fingerprint density at radius 1 is 1.50 bits per heavy atom. The van der Waals surface area contributed by atoms with Gasteiger partial charge in [-0.05, 0) is 31.2 Å². The highest BCUT2D eigenvalue weighted by Gasteiger charge is 1.98. The number of benzene rings is 1. The molecule has 1 unspecified atom stereocenters. The summed E-state index contributed by atoms with van der Waals surface area (Å²) < 4.78 is 0. The van der Waals surface area contributed by atoms with Crippen LogP contribution < -0.4 is 0 Å². The van der Waals surface area contributed by atoms with Gasteiger partial charge in [0.05, 0.1) is 5.69 Å². The Bertz CT molecular complexity index is 330. The van der Waals surface area contributed by atoms with Crippen LogP contribution >= 0.6 is 23.4 Å². The summed E-state index contributed by atoms with van der Waals surface area (Å²) in [5, 5.41) is 0.160. The Balaban J connectivity index is 2.59. The van der Waals surface area contributed by atoms with Crippen LogP contribution in [0.3, 0.4) is 0 Å². The Morgan fingerprint density at radius 3 is 2.64 bits per heavy atom. The number of carbonyl (C=O) groups excluding carboxylic acids is 1. The van der Waals surface area contributed by atoms with Crippen LogP contribution in [0.1, 0.15) is 6.92 Å². The second-order valence-electron chi connectivity index (χ2n) is 2.79. The molecule has 4 heteroatoms. The van der Waals surface area contributed by atoms with E-state index in [9.17, 15) is 4.79 Å². The Hall–Kier alpha value is -0.760. The van der Waals surface area contributed by atoms with Crippen molar-refractivity contribution >= 4 is 35.1 Å². The highest BCUT2D eigenvalue weighted by molar-refractivity contribution is 7.99. The zero-order valence-electron chi connectivity index (χ0n) is 7.74. The predicted octanol–water partition coefficient (Wildman–Crippen LogP) is 3.37. The summed E-state index contributed by atoms with van der Waals surface area (Å²) in [6.07, 6.45) is 1.50. The molecule has 0 heterocycles. The van der Waals surface area contributed by atoms with E-state index in [4.69, 9.17) is 11.6 Å². The van der Waals surface area contributed by atoms with E-state index < -0.39 is 0 Å². The number of rotatable bonds is 4. The maximum absolute atomic E-state index is 9.96. The molecule has 1 aromatic carbocycles. The molecule has 0 radical (unpaired) electrons. The fourth-order valence-electron chi connectivity index (χ4n) is 0.881. The fraction of sp³-hybridized carbons (Fsp3) is 0.300. The minimum atomic E-state index is 0.160. The van der Waals surface area contributed by atoms with E-state index in [1.54, 1.807) is 23.9 Å². The molecule has 0 saturated carbocycles. The first-order valence-electron chi connectivity index (χ1n) is 4.17. The second kappa shape index (κ2) is 5.86. The first-order chi connectivity index (χ1) is 6.72. The maximum atomic E-state index is 9.96. The van der Waals surface area contributed by atoms with Crippen molar-refractivity contribution < 1.29 is 4.79 Å². The summed E-state index contributed by atoms with van der Waals surface area (Å²) in [4.78, 5) is 14.6. The Morgan fingerprint density at radius 2 is 2.14 bits per heavy atom. The number of aliphatic imine (C=N–C) groups is 1. The smallest absolute Gasteiger partial charge is 0.211 e. The van der Waals surface area contributed by atoms with Crippen molar-refractivity contribution in [2.24, 2.45) is 4.99 Å². The number of thioether (sulfide) groups is 1. The van der Waals surface area contributed by atoms with Gasteiger partial charge in [0.1, 0.15) is 0 Å². The molecule has 0 aliphatic carbocycles. The molecular weight excluding hydrogens is 218 g/mol. The summed E-state index contributed by atoms with van der Waals surface area (Å²) in [5.41, 5.74) is 0.628.